The quantitative estimate of drug-likeness (QED) is 0.669. The zero-order valence-corrected chi connectivity index (χ0v) is 14.8. The molecule has 9 heteroatoms. The van der Waals surface area contributed by atoms with Gasteiger partial charge in [0.1, 0.15) is 11.3 Å². The van der Waals surface area contributed by atoms with Gasteiger partial charge >= 0.3 is 5.97 Å². The average Bonchev–Trinajstić information content (AvgIpc) is 3.18. The second-order valence-electron chi connectivity index (χ2n) is 6.22. The maximum Gasteiger partial charge on any atom is 0.329 e. The summed E-state index contributed by atoms with van der Waals surface area (Å²) in [6, 6.07) is 7.43. The summed E-state index contributed by atoms with van der Waals surface area (Å²) in [5.74, 6) is -1.24. The normalized spacial score (nSPS) is 15.4. The molecule has 3 rings (SSSR count). The Hall–Kier alpha value is -2.65. The molecule has 1 saturated carbocycles. The lowest BCUT2D eigenvalue weighted by Crippen LogP contribution is -2.43. The summed E-state index contributed by atoms with van der Waals surface area (Å²) in [4.78, 5) is 23.6. The third-order valence-corrected chi connectivity index (χ3v) is 5.69. The molecule has 0 unspecified atom stereocenters. The molecule has 26 heavy (non-hydrogen) atoms. The molecule has 0 bridgehead atoms. The van der Waals surface area contributed by atoms with Crippen molar-refractivity contribution in [3.63, 3.8) is 0 Å². The van der Waals surface area contributed by atoms with Crippen LogP contribution < -0.4 is 10.0 Å². The molecular weight excluding hydrogens is 360 g/mol. The van der Waals surface area contributed by atoms with E-state index in [1.807, 2.05) is 0 Å². The Morgan fingerprint density at radius 1 is 1.27 bits per heavy atom. The molecular formula is C17H18N2O6S. The molecule has 3 N–H and O–H groups in total. The number of carboxylic acids is 1. The van der Waals surface area contributed by atoms with E-state index in [2.05, 4.69) is 10.0 Å². The van der Waals surface area contributed by atoms with Crippen LogP contribution in [-0.4, -0.2) is 30.9 Å². The molecule has 2 aromatic rings. The van der Waals surface area contributed by atoms with Crippen LogP contribution in [-0.2, 0) is 21.4 Å². The van der Waals surface area contributed by atoms with Gasteiger partial charge in [0, 0.05) is 5.56 Å². The summed E-state index contributed by atoms with van der Waals surface area (Å²) in [7, 11) is -3.86. The van der Waals surface area contributed by atoms with Crippen molar-refractivity contribution in [2.24, 2.45) is 0 Å². The molecule has 0 saturated heterocycles. The van der Waals surface area contributed by atoms with Gasteiger partial charge in [0.25, 0.3) is 5.91 Å². The van der Waals surface area contributed by atoms with E-state index >= 15 is 0 Å². The zero-order valence-electron chi connectivity index (χ0n) is 14.0. The fourth-order valence-corrected chi connectivity index (χ4v) is 3.50. The molecule has 1 aromatic heterocycles. The first-order valence-electron chi connectivity index (χ1n) is 7.92. The van der Waals surface area contributed by atoms with Crippen molar-refractivity contribution < 1.29 is 27.5 Å². The molecule has 138 valence electrons. The molecule has 0 spiro atoms. The number of sulfonamides is 1. The van der Waals surface area contributed by atoms with Crippen molar-refractivity contribution >= 4 is 21.9 Å². The maximum atomic E-state index is 12.4. The predicted molar refractivity (Wildman–Crippen MR) is 91.0 cm³/mol. The lowest BCUT2D eigenvalue weighted by Gasteiger charge is -2.15. The number of furan rings is 1. The number of benzene rings is 1. The first-order chi connectivity index (χ1) is 12.2. The van der Waals surface area contributed by atoms with Crippen LogP contribution in [0.4, 0.5) is 0 Å². The second kappa shape index (κ2) is 6.58. The Morgan fingerprint density at radius 3 is 2.58 bits per heavy atom. The second-order valence-corrected chi connectivity index (χ2v) is 7.99. The summed E-state index contributed by atoms with van der Waals surface area (Å²) in [5, 5.41) is 11.7. The van der Waals surface area contributed by atoms with E-state index in [0.29, 0.717) is 24.2 Å². The van der Waals surface area contributed by atoms with E-state index in [-0.39, 0.29) is 17.0 Å². The van der Waals surface area contributed by atoms with Gasteiger partial charge in [-0.2, -0.15) is 0 Å². The van der Waals surface area contributed by atoms with E-state index in [0.717, 1.165) is 0 Å². The van der Waals surface area contributed by atoms with Gasteiger partial charge in [-0.25, -0.2) is 17.9 Å². The zero-order chi connectivity index (χ0) is 18.9. The molecule has 1 heterocycles. The first kappa shape index (κ1) is 18.2. The fraction of sp³-hybridized carbons (Fsp3) is 0.294. The number of rotatable bonds is 7. The van der Waals surface area contributed by atoms with Gasteiger partial charge in [-0.1, -0.05) is 6.07 Å². The minimum Gasteiger partial charge on any atom is -0.480 e. The lowest BCUT2D eigenvalue weighted by molar-refractivity contribution is -0.140. The fourth-order valence-electron chi connectivity index (χ4n) is 2.48. The third-order valence-electron chi connectivity index (χ3n) is 4.29. The monoisotopic (exact) mass is 378 g/mol. The van der Waals surface area contributed by atoms with Crippen LogP contribution in [0, 0.1) is 6.92 Å². The molecule has 1 aromatic carbocycles. The number of nitrogens with one attached hydrogen (secondary N) is 2. The SMILES string of the molecule is Cc1ccc(S(=O)(=O)NCc2ccco2)cc1C(=O)NC1(C(=O)O)CC1. The van der Waals surface area contributed by atoms with Crippen molar-refractivity contribution in [1.29, 1.82) is 0 Å². The van der Waals surface area contributed by atoms with Crippen LogP contribution in [0.2, 0.25) is 0 Å². The smallest absolute Gasteiger partial charge is 0.329 e. The van der Waals surface area contributed by atoms with Gasteiger partial charge in [0.15, 0.2) is 0 Å². The van der Waals surface area contributed by atoms with Crippen LogP contribution in [0.15, 0.2) is 45.9 Å². The highest BCUT2D eigenvalue weighted by atomic mass is 32.2. The number of hydrogen-bond acceptors (Lipinski definition) is 5. The topological polar surface area (TPSA) is 126 Å². The molecule has 8 nitrogen and oxygen atoms in total. The van der Waals surface area contributed by atoms with E-state index < -0.39 is 27.4 Å². The molecule has 1 aliphatic rings. The molecule has 1 aliphatic carbocycles. The number of carbonyl (C=O) groups excluding carboxylic acids is 1. The van der Waals surface area contributed by atoms with Crippen LogP contribution in [0.5, 0.6) is 0 Å². The number of hydrogen-bond donors (Lipinski definition) is 3. The van der Waals surface area contributed by atoms with Crippen molar-refractivity contribution in [3.05, 3.63) is 53.5 Å². The average molecular weight is 378 g/mol. The highest BCUT2D eigenvalue weighted by Crippen LogP contribution is 2.36. The van der Waals surface area contributed by atoms with Crippen LogP contribution >= 0.6 is 0 Å². The van der Waals surface area contributed by atoms with Crippen LogP contribution in [0.1, 0.15) is 34.5 Å². The third kappa shape index (κ3) is 3.63. The van der Waals surface area contributed by atoms with Gasteiger partial charge in [0.2, 0.25) is 10.0 Å². The van der Waals surface area contributed by atoms with Crippen molar-refractivity contribution in [1.82, 2.24) is 10.0 Å². The summed E-state index contributed by atoms with van der Waals surface area (Å²) in [6.45, 7) is 1.63. The van der Waals surface area contributed by atoms with E-state index in [1.165, 1.54) is 24.5 Å². The molecule has 0 aliphatic heterocycles. The lowest BCUT2D eigenvalue weighted by atomic mass is 10.1. The number of aryl methyl sites for hydroxylation is 1. The Bertz CT molecular complexity index is 946. The van der Waals surface area contributed by atoms with Crippen LogP contribution in [0.3, 0.4) is 0 Å². The molecule has 0 atom stereocenters. The van der Waals surface area contributed by atoms with E-state index in [1.54, 1.807) is 19.1 Å². The van der Waals surface area contributed by atoms with Gasteiger partial charge in [-0.05, 0) is 49.6 Å². The Kier molecular flexibility index (Phi) is 4.59. The van der Waals surface area contributed by atoms with Gasteiger partial charge in [-0.15, -0.1) is 0 Å². The standard InChI is InChI=1S/C17H18N2O6S/c1-11-4-5-13(26(23,24)18-10-12-3-2-8-25-12)9-14(11)15(20)19-17(6-7-17)16(21)22/h2-5,8-9,18H,6-7,10H2,1H3,(H,19,20)(H,21,22). The van der Waals surface area contributed by atoms with Crippen molar-refractivity contribution in [2.75, 3.05) is 0 Å². The Morgan fingerprint density at radius 2 is 2.00 bits per heavy atom. The van der Waals surface area contributed by atoms with Gasteiger partial charge in [0.05, 0.1) is 17.7 Å². The predicted octanol–water partition coefficient (Wildman–Crippen LogP) is 1.41. The van der Waals surface area contributed by atoms with Gasteiger partial charge in [-0.3, -0.25) is 4.79 Å². The number of carbonyl (C=O) groups is 2. The summed E-state index contributed by atoms with van der Waals surface area (Å²) in [5.41, 5.74) is -0.567. The number of amides is 1. The first-order valence-corrected chi connectivity index (χ1v) is 9.40. The maximum absolute atomic E-state index is 12.4. The largest absolute Gasteiger partial charge is 0.480 e. The summed E-state index contributed by atoms with van der Waals surface area (Å²) >= 11 is 0. The molecule has 0 radical (unpaired) electrons. The highest BCUT2D eigenvalue weighted by Gasteiger charge is 2.51. The highest BCUT2D eigenvalue weighted by molar-refractivity contribution is 7.89. The van der Waals surface area contributed by atoms with E-state index in [9.17, 15) is 23.1 Å². The van der Waals surface area contributed by atoms with Gasteiger partial charge < -0.3 is 14.8 Å². The molecule has 1 fully saturated rings. The summed E-state index contributed by atoms with van der Waals surface area (Å²) in [6.07, 6.45) is 2.15. The minimum absolute atomic E-state index is 0.0210. The minimum atomic E-state index is -3.86. The van der Waals surface area contributed by atoms with Crippen molar-refractivity contribution in [2.45, 2.75) is 36.7 Å². The van der Waals surface area contributed by atoms with E-state index in [4.69, 9.17) is 4.42 Å². The van der Waals surface area contributed by atoms with Crippen molar-refractivity contribution in [3.8, 4) is 0 Å². The molecule has 1 amide bonds. The Labute approximate surface area is 150 Å². The number of aliphatic carboxylic acids is 1. The Balaban J connectivity index is 1.80. The number of carboxylic acid groups (broad SMARTS) is 1. The summed E-state index contributed by atoms with van der Waals surface area (Å²) < 4.78 is 32.4. The van der Waals surface area contributed by atoms with Crippen LogP contribution in [0.25, 0.3) is 0 Å².